The average Bonchev–Trinajstić information content (AvgIpc) is 2.52. The zero-order valence-electron chi connectivity index (χ0n) is 11.9. The molecule has 1 amide bonds. The van der Waals surface area contributed by atoms with Crippen LogP contribution in [0.2, 0.25) is 0 Å². The van der Waals surface area contributed by atoms with E-state index in [1.165, 1.54) is 0 Å². The maximum Gasteiger partial charge on any atom is 0.252 e. The predicted octanol–water partition coefficient (Wildman–Crippen LogP) is 3.40. The summed E-state index contributed by atoms with van der Waals surface area (Å²) in [6.45, 7) is 0.382. The summed E-state index contributed by atoms with van der Waals surface area (Å²) in [5, 5.41) is 2.88. The second kappa shape index (κ2) is 7.13. The number of benzene rings is 2. The lowest BCUT2D eigenvalue weighted by Gasteiger charge is -2.11. The van der Waals surface area contributed by atoms with Gasteiger partial charge in [0, 0.05) is 22.6 Å². The van der Waals surface area contributed by atoms with Crippen LogP contribution in [0.1, 0.15) is 15.9 Å². The van der Waals surface area contributed by atoms with Crippen LogP contribution in [0.25, 0.3) is 0 Å². The fourth-order valence-corrected chi connectivity index (χ4v) is 2.38. The summed E-state index contributed by atoms with van der Waals surface area (Å²) in [6, 6.07) is 12.8. The molecule has 0 spiro atoms. The number of carbonyl (C=O) groups excluding carboxylic acids is 1. The van der Waals surface area contributed by atoms with Crippen molar-refractivity contribution in [2.45, 2.75) is 6.54 Å². The summed E-state index contributed by atoms with van der Waals surface area (Å²) < 4.78 is 11.2. The first-order chi connectivity index (χ1) is 10.2. The van der Waals surface area contributed by atoms with Gasteiger partial charge in [0.25, 0.3) is 5.91 Å². The van der Waals surface area contributed by atoms with Gasteiger partial charge in [-0.3, -0.25) is 4.79 Å². The summed E-state index contributed by atoms with van der Waals surface area (Å²) >= 11 is 3.37. The van der Waals surface area contributed by atoms with Crippen LogP contribution in [0.3, 0.4) is 0 Å². The Morgan fingerprint density at radius 2 is 1.90 bits per heavy atom. The molecule has 5 heteroatoms. The summed E-state index contributed by atoms with van der Waals surface area (Å²) in [7, 11) is 3.19. The molecule has 0 fully saturated rings. The van der Waals surface area contributed by atoms with E-state index in [0.717, 1.165) is 10.0 Å². The van der Waals surface area contributed by atoms with Crippen molar-refractivity contribution in [3.05, 3.63) is 58.1 Å². The molecule has 0 aliphatic carbocycles. The smallest absolute Gasteiger partial charge is 0.252 e. The molecular weight excluding hydrogens is 334 g/mol. The Bertz CT molecular complexity index is 643. The number of ether oxygens (including phenoxy) is 2. The highest BCUT2D eigenvalue weighted by Crippen LogP contribution is 2.24. The second-order valence-corrected chi connectivity index (χ2v) is 5.19. The van der Waals surface area contributed by atoms with Gasteiger partial charge in [0.2, 0.25) is 0 Å². The lowest BCUT2D eigenvalue weighted by atomic mass is 10.1. The number of nitrogens with one attached hydrogen (secondary N) is 1. The minimum Gasteiger partial charge on any atom is -0.497 e. The van der Waals surface area contributed by atoms with Crippen LogP contribution in [0, 0.1) is 0 Å². The third kappa shape index (κ3) is 3.76. The number of rotatable bonds is 5. The first kappa shape index (κ1) is 15.4. The Hall–Kier alpha value is -2.01. The molecule has 0 aliphatic rings. The lowest BCUT2D eigenvalue weighted by Crippen LogP contribution is -2.23. The SMILES string of the molecule is COc1ccc(CNC(=O)c2ccccc2Br)c(OC)c1. The number of amides is 1. The van der Waals surface area contributed by atoms with Crippen LogP contribution in [-0.2, 0) is 6.54 Å². The molecule has 0 atom stereocenters. The van der Waals surface area contributed by atoms with Crippen LogP contribution >= 0.6 is 15.9 Å². The second-order valence-electron chi connectivity index (χ2n) is 4.34. The highest BCUT2D eigenvalue weighted by atomic mass is 79.9. The fraction of sp³-hybridized carbons (Fsp3) is 0.188. The molecule has 0 unspecified atom stereocenters. The van der Waals surface area contributed by atoms with Crippen molar-refractivity contribution in [1.29, 1.82) is 0 Å². The Kier molecular flexibility index (Phi) is 5.22. The van der Waals surface area contributed by atoms with E-state index in [9.17, 15) is 4.79 Å². The molecule has 0 heterocycles. The zero-order chi connectivity index (χ0) is 15.2. The van der Waals surface area contributed by atoms with Crippen molar-refractivity contribution in [3.8, 4) is 11.5 Å². The molecule has 0 radical (unpaired) electrons. The molecule has 2 rings (SSSR count). The van der Waals surface area contributed by atoms with Crippen molar-refractivity contribution in [3.63, 3.8) is 0 Å². The third-order valence-electron chi connectivity index (χ3n) is 3.05. The highest BCUT2D eigenvalue weighted by Gasteiger charge is 2.10. The normalized spacial score (nSPS) is 10.0. The molecule has 21 heavy (non-hydrogen) atoms. The van der Waals surface area contributed by atoms with Crippen LogP contribution < -0.4 is 14.8 Å². The van der Waals surface area contributed by atoms with Gasteiger partial charge in [0.15, 0.2) is 0 Å². The van der Waals surface area contributed by atoms with Gasteiger partial charge in [-0.15, -0.1) is 0 Å². The van der Waals surface area contributed by atoms with Crippen molar-refractivity contribution >= 4 is 21.8 Å². The van der Waals surface area contributed by atoms with Gasteiger partial charge < -0.3 is 14.8 Å². The number of hydrogen-bond donors (Lipinski definition) is 1. The van der Waals surface area contributed by atoms with E-state index >= 15 is 0 Å². The van der Waals surface area contributed by atoms with Gasteiger partial charge in [0.1, 0.15) is 11.5 Å². The predicted molar refractivity (Wildman–Crippen MR) is 84.9 cm³/mol. The van der Waals surface area contributed by atoms with Crippen LogP contribution in [-0.4, -0.2) is 20.1 Å². The molecule has 2 aromatic carbocycles. The summed E-state index contributed by atoms with van der Waals surface area (Å²) in [6.07, 6.45) is 0. The van der Waals surface area contributed by atoms with Crippen LogP contribution in [0.5, 0.6) is 11.5 Å². The van der Waals surface area contributed by atoms with E-state index in [4.69, 9.17) is 9.47 Å². The Labute approximate surface area is 132 Å². The quantitative estimate of drug-likeness (QED) is 0.899. The molecule has 4 nitrogen and oxygen atoms in total. The Balaban J connectivity index is 2.10. The Morgan fingerprint density at radius 1 is 1.14 bits per heavy atom. The molecule has 0 saturated carbocycles. The zero-order valence-corrected chi connectivity index (χ0v) is 13.4. The maximum atomic E-state index is 12.2. The first-order valence-electron chi connectivity index (χ1n) is 6.39. The molecule has 110 valence electrons. The molecule has 0 saturated heterocycles. The lowest BCUT2D eigenvalue weighted by molar-refractivity contribution is 0.0950. The Morgan fingerprint density at radius 3 is 2.57 bits per heavy atom. The third-order valence-corrected chi connectivity index (χ3v) is 3.74. The monoisotopic (exact) mass is 349 g/mol. The highest BCUT2D eigenvalue weighted by molar-refractivity contribution is 9.10. The number of hydrogen-bond acceptors (Lipinski definition) is 3. The van der Waals surface area contributed by atoms with Gasteiger partial charge >= 0.3 is 0 Å². The largest absolute Gasteiger partial charge is 0.497 e. The fourth-order valence-electron chi connectivity index (χ4n) is 1.91. The molecule has 1 N–H and O–H groups in total. The summed E-state index contributed by atoms with van der Waals surface area (Å²) in [5.41, 5.74) is 1.49. The summed E-state index contributed by atoms with van der Waals surface area (Å²) in [5.74, 6) is 1.26. The van der Waals surface area contributed by atoms with Crippen molar-refractivity contribution in [2.24, 2.45) is 0 Å². The average molecular weight is 350 g/mol. The van der Waals surface area contributed by atoms with Gasteiger partial charge in [-0.2, -0.15) is 0 Å². The topological polar surface area (TPSA) is 47.6 Å². The maximum absolute atomic E-state index is 12.2. The van der Waals surface area contributed by atoms with Gasteiger partial charge in [-0.1, -0.05) is 12.1 Å². The van der Waals surface area contributed by atoms with Crippen LogP contribution in [0.4, 0.5) is 0 Å². The number of methoxy groups -OCH3 is 2. The van der Waals surface area contributed by atoms with Gasteiger partial charge in [0.05, 0.1) is 19.8 Å². The summed E-state index contributed by atoms with van der Waals surface area (Å²) in [4.78, 5) is 12.2. The van der Waals surface area contributed by atoms with E-state index in [1.54, 1.807) is 26.4 Å². The van der Waals surface area contributed by atoms with E-state index in [2.05, 4.69) is 21.2 Å². The van der Waals surface area contributed by atoms with E-state index in [0.29, 0.717) is 23.6 Å². The standard InChI is InChI=1S/C16H16BrNO3/c1-20-12-8-7-11(15(9-12)21-2)10-18-16(19)13-5-3-4-6-14(13)17/h3-9H,10H2,1-2H3,(H,18,19). The number of carbonyl (C=O) groups is 1. The number of halogens is 1. The van der Waals surface area contributed by atoms with Gasteiger partial charge in [-0.25, -0.2) is 0 Å². The molecule has 2 aromatic rings. The molecular formula is C16H16BrNO3. The van der Waals surface area contributed by atoms with Gasteiger partial charge in [-0.05, 0) is 40.2 Å². The van der Waals surface area contributed by atoms with E-state index in [1.807, 2.05) is 30.3 Å². The minimum absolute atomic E-state index is 0.139. The minimum atomic E-state index is -0.139. The van der Waals surface area contributed by atoms with E-state index < -0.39 is 0 Å². The van der Waals surface area contributed by atoms with Crippen molar-refractivity contribution in [2.75, 3.05) is 14.2 Å². The van der Waals surface area contributed by atoms with Crippen molar-refractivity contribution < 1.29 is 14.3 Å². The molecule has 0 bridgehead atoms. The van der Waals surface area contributed by atoms with Crippen LogP contribution in [0.15, 0.2) is 46.9 Å². The molecule has 0 aromatic heterocycles. The first-order valence-corrected chi connectivity index (χ1v) is 7.18. The van der Waals surface area contributed by atoms with E-state index in [-0.39, 0.29) is 5.91 Å². The van der Waals surface area contributed by atoms with Crippen molar-refractivity contribution in [1.82, 2.24) is 5.32 Å². The molecule has 0 aliphatic heterocycles.